The summed E-state index contributed by atoms with van der Waals surface area (Å²) in [7, 11) is 0. The predicted octanol–water partition coefficient (Wildman–Crippen LogP) is 7.55. The lowest BCUT2D eigenvalue weighted by Crippen LogP contribution is -1.96. The molecule has 132 valence electrons. The second-order valence-electron chi connectivity index (χ2n) is 5.99. The minimum absolute atomic E-state index is 0.616. The van der Waals surface area contributed by atoms with Crippen LogP contribution in [0, 0.1) is 0 Å². The highest BCUT2D eigenvalue weighted by Gasteiger charge is 2.11. The van der Waals surface area contributed by atoms with Gasteiger partial charge in [0.25, 0.3) is 0 Å². The molecule has 0 fully saturated rings. The van der Waals surface area contributed by atoms with Crippen molar-refractivity contribution in [2.75, 3.05) is 0 Å². The van der Waals surface area contributed by atoms with Crippen molar-refractivity contribution in [2.24, 2.45) is 0 Å². The van der Waals surface area contributed by atoms with Crippen LogP contribution in [0.4, 0.5) is 0 Å². The minimum Gasteiger partial charge on any atom is -0.228 e. The second kappa shape index (κ2) is 7.81. The first-order valence-corrected chi connectivity index (χ1v) is 9.80. The van der Waals surface area contributed by atoms with Crippen molar-refractivity contribution in [1.29, 1.82) is 0 Å². The van der Waals surface area contributed by atoms with Gasteiger partial charge in [-0.05, 0) is 42.5 Å². The Bertz CT molecular complexity index is 975. The van der Waals surface area contributed by atoms with Gasteiger partial charge in [0.2, 0.25) is 0 Å². The van der Waals surface area contributed by atoms with Gasteiger partial charge in [-0.15, -0.1) is 0 Å². The van der Waals surface area contributed by atoms with Gasteiger partial charge in [0.15, 0.2) is 5.82 Å². The maximum absolute atomic E-state index is 6.18. The highest BCUT2D eigenvalue weighted by atomic mass is 79.9. The summed E-state index contributed by atoms with van der Waals surface area (Å²) >= 11 is 15.9. The van der Waals surface area contributed by atoms with Crippen LogP contribution in [-0.2, 0) is 0 Å². The highest BCUT2D eigenvalue weighted by molar-refractivity contribution is 9.10. The van der Waals surface area contributed by atoms with Gasteiger partial charge in [-0.1, -0.05) is 75.5 Å². The summed E-state index contributed by atoms with van der Waals surface area (Å²) in [5.74, 6) is 0.616. The van der Waals surface area contributed by atoms with Crippen molar-refractivity contribution < 1.29 is 0 Å². The molecule has 0 aliphatic rings. The standard InChI is InChI=1S/C22H13BrCl2N2/c23-17-7-1-4-14(10-17)20-13-21(15-5-2-8-18(24)11-15)27-22(26-20)16-6-3-9-19(25)12-16/h1-13H. The molecule has 0 bridgehead atoms. The number of nitrogens with zero attached hydrogens (tertiary/aromatic N) is 2. The van der Waals surface area contributed by atoms with Crippen LogP contribution in [0.2, 0.25) is 10.0 Å². The molecule has 3 aromatic carbocycles. The fourth-order valence-corrected chi connectivity index (χ4v) is 3.58. The highest BCUT2D eigenvalue weighted by Crippen LogP contribution is 2.30. The molecule has 0 amide bonds. The smallest absolute Gasteiger partial charge is 0.160 e. The van der Waals surface area contributed by atoms with E-state index < -0.39 is 0 Å². The van der Waals surface area contributed by atoms with Crippen LogP contribution < -0.4 is 0 Å². The average Bonchev–Trinajstić information content (AvgIpc) is 2.68. The van der Waals surface area contributed by atoms with E-state index in [1.165, 1.54) is 0 Å². The summed E-state index contributed by atoms with van der Waals surface area (Å²) in [4.78, 5) is 9.54. The molecule has 1 aromatic heterocycles. The van der Waals surface area contributed by atoms with E-state index >= 15 is 0 Å². The zero-order valence-corrected chi connectivity index (χ0v) is 17.1. The van der Waals surface area contributed by atoms with Gasteiger partial charge in [0.05, 0.1) is 11.4 Å². The fraction of sp³-hybridized carbons (Fsp3) is 0. The first-order chi connectivity index (χ1) is 13.1. The number of hydrogen-bond acceptors (Lipinski definition) is 2. The Morgan fingerprint density at radius 2 is 1.11 bits per heavy atom. The Morgan fingerprint density at radius 3 is 1.70 bits per heavy atom. The van der Waals surface area contributed by atoms with Crippen molar-refractivity contribution in [2.45, 2.75) is 0 Å². The third kappa shape index (κ3) is 4.22. The lowest BCUT2D eigenvalue weighted by atomic mass is 10.1. The van der Waals surface area contributed by atoms with Crippen LogP contribution in [0.3, 0.4) is 0 Å². The fourth-order valence-electron chi connectivity index (χ4n) is 2.80. The van der Waals surface area contributed by atoms with Crippen LogP contribution in [0.15, 0.2) is 83.3 Å². The Morgan fingerprint density at radius 1 is 0.593 bits per heavy atom. The Hall–Kier alpha value is -2.20. The summed E-state index contributed by atoms with van der Waals surface area (Å²) in [5.41, 5.74) is 4.43. The van der Waals surface area contributed by atoms with E-state index in [4.69, 9.17) is 33.2 Å². The maximum Gasteiger partial charge on any atom is 0.160 e. The Balaban J connectivity index is 1.94. The topological polar surface area (TPSA) is 25.8 Å². The Labute approximate surface area is 176 Å². The van der Waals surface area contributed by atoms with Gasteiger partial charge in [-0.3, -0.25) is 0 Å². The molecule has 0 unspecified atom stereocenters. The molecule has 0 aliphatic carbocycles. The van der Waals surface area contributed by atoms with Crippen molar-refractivity contribution >= 4 is 39.1 Å². The second-order valence-corrected chi connectivity index (χ2v) is 7.78. The third-order valence-corrected chi connectivity index (χ3v) is 5.01. The maximum atomic E-state index is 6.18. The monoisotopic (exact) mass is 454 g/mol. The minimum atomic E-state index is 0.616. The molecule has 0 spiro atoms. The summed E-state index contributed by atoms with van der Waals surface area (Å²) in [6.07, 6.45) is 0. The van der Waals surface area contributed by atoms with E-state index in [1.54, 1.807) is 0 Å². The molecule has 0 N–H and O–H groups in total. The van der Waals surface area contributed by atoms with Crippen LogP contribution in [-0.4, -0.2) is 9.97 Å². The van der Waals surface area contributed by atoms with Gasteiger partial charge >= 0.3 is 0 Å². The van der Waals surface area contributed by atoms with E-state index in [0.29, 0.717) is 15.9 Å². The number of hydrogen-bond donors (Lipinski definition) is 0. The lowest BCUT2D eigenvalue weighted by Gasteiger charge is -2.10. The van der Waals surface area contributed by atoms with Gasteiger partial charge in [-0.25, -0.2) is 9.97 Å². The van der Waals surface area contributed by atoms with Crippen LogP contribution in [0.1, 0.15) is 0 Å². The number of aromatic nitrogens is 2. The first kappa shape index (κ1) is 18.2. The van der Waals surface area contributed by atoms with Gasteiger partial charge in [0.1, 0.15) is 0 Å². The zero-order valence-electron chi connectivity index (χ0n) is 14.0. The quantitative estimate of drug-likeness (QED) is 0.318. The molecular formula is C22H13BrCl2N2. The summed E-state index contributed by atoms with van der Waals surface area (Å²) in [6, 6.07) is 25.2. The summed E-state index contributed by atoms with van der Waals surface area (Å²) < 4.78 is 0.993. The lowest BCUT2D eigenvalue weighted by molar-refractivity contribution is 1.18. The summed E-state index contributed by atoms with van der Waals surface area (Å²) in [6.45, 7) is 0. The molecule has 0 saturated carbocycles. The first-order valence-electron chi connectivity index (χ1n) is 8.25. The van der Waals surface area contributed by atoms with Gasteiger partial charge in [-0.2, -0.15) is 0 Å². The molecule has 5 heteroatoms. The number of halogens is 3. The van der Waals surface area contributed by atoms with E-state index in [0.717, 1.165) is 32.6 Å². The number of benzene rings is 3. The molecule has 4 rings (SSSR count). The normalized spacial score (nSPS) is 10.8. The van der Waals surface area contributed by atoms with Gasteiger partial charge < -0.3 is 0 Å². The van der Waals surface area contributed by atoms with E-state index in [9.17, 15) is 0 Å². The summed E-state index contributed by atoms with van der Waals surface area (Å²) in [5, 5.41) is 1.31. The molecular weight excluding hydrogens is 443 g/mol. The molecule has 27 heavy (non-hydrogen) atoms. The van der Waals surface area contributed by atoms with Crippen molar-refractivity contribution in [3.63, 3.8) is 0 Å². The zero-order chi connectivity index (χ0) is 18.8. The van der Waals surface area contributed by atoms with Crippen molar-refractivity contribution in [3.8, 4) is 33.9 Å². The van der Waals surface area contributed by atoms with Crippen molar-refractivity contribution in [1.82, 2.24) is 9.97 Å². The van der Waals surface area contributed by atoms with Crippen LogP contribution in [0.25, 0.3) is 33.9 Å². The van der Waals surface area contributed by atoms with Crippen LogP contribution >= 0.6 is 39.1 Å². The molecule has 0 radical (unpaired) electrons. The third-order valence-electron chi connectivity index (χ3n) is 4.05. The predicted molar refractivity (Wildman–Crippen MR) is 116 cm³/mol. The molecule has 0 atom stereocenters. The van der Waals surface area contributed by atoms with E-state index in [1.807, 2.05) is 78.9 Å². The van der Waals surface area contributed by atoms with E-state index in [-0.39, 0.29) is 0 Å². The largest absolute Gasteiger partial charge is 0.228 e. The molecule has 0 aliphatic heterocycles. The van der Waals surface area contributed by atoms with Gasteiger partial charge in [0, 0.05) is 31.2 Å². The Kier molecular flexibility index (Phi) is 5.26. The van der Waals surface area contributed by atoms with Crippen LogP contribution in [0.5, 0.6) is 0 Å². The van der Waals surface area contributed by atoms with E-state index in [2.05, 4.69) is 15.9 Å². The molecule has 1 heterocycles. The average molecular weight is 456 g/mol. The molecule has 4 aromatic rings. The molecule has 2 nitrogen and oxygen atoms in total. The SMILES string of the molecule is Clc1cccc(-c2cc(-c3cccc(Br)c3)nc(-c3cccc(Cl)c3)n2)c1. The molecule has 0 saturated heterocycles. The van der Waals surface area contributed by atoms with Crippen molar-refractivity contribution in [3.05, 3.63) is 93.4 Å². The number of rotatable bonds is 3.